The summed E-state index contributed by atoms with van der Waals surface area (Å²) in [6.45, 7) is 0. The van der Waals surface area contributed by atoms with E-state index in [1.807, 2.05) is 0 Å². The molecule has 0 aliphatic rings. The third kappa shape index (κ3) is 7.36. The van der Waals surface area contributed by atoms with Crippen LogP contribution in [0, 0.1) is 0 Å². The zero-order chi connectivity index (χ0) is 10.7. The van der Waals surface area contributed by atoms with Crippen molar-refractivity contribution in [2.75, 3.05) is 0 Å². The molecule has 0 aliphatic heterocycles. The predicted octanol–water partition coefficient (Wildman–Crippen LogP) is 0.360. The Labute approximate surface area is 71.8 Å². The molecule has 0 aliphatic carbocycles. The van der Waals surface area contributed by atoms with Crippen LogP contribution in [0.3, 0.4) is 0 Å². The highest BCUT2D eigenvalue weighted by molar-refractivity contribution is 7.61. The summed E-state index contributed by atoms with van der Waals surface area (Å²) in [5.74, 6) is 0. The van der Waals surface area contributed by atoms with E-state index in [1.54, 1.807) is 0 Å². The van der Waals surface area contributed by atoms with Gasteiger partial charge in [0.15, 0.2) is 0 Å². The lowest BCUT2D eigenvalue weighted by Crippen LogP contribution is -1.86. The summed E-state index contributed by atoms with van der Waals surface area (Å²) >= 11 is 0. The molecule has 0 aromatic heterocycles. The molecule has 0 aromatic carbocycles. The lowest BCUT2D eigenvalue weighted by molar-refractivity contribution is -0.156. The average molecular weight is 257 g/mol. The monoisotopic (exact) mass is 257 g/mol. The number of hydrogen-bond acceptors (Lipinski definition) is 7. The van der Waals surface area contributed by atoms with Crippen LogP contribution in [0.15, 0.2) is 0 Å². The molecule has 0 saturated carbocycles. The van der Waals surface area contributed by atoms with Crippen molar-refractivity contribution < 1.29 is 46.9 Å². The molecule has 78 valence electrons. The van der Waals surface area contributed by atoms with E-state index in [0.717, 1.165) is 0 Å². The predicted molar refractivity (Wildman–Crippen MR) is 35.4 cm³/mol. The van der Waals surface area contributed by atoms with E-state index in [1.165, 1.54) is 0 Å². The number of hydrogen-bond donors (Lipinski definition) is 4. The number of rotatable bonds is 5. The fourth-order valence-corrected chi connectivity index (χ4v) is 2.08. The minimum Gasteiger partial charge on any atom is -0.300 e. The molecule has 13 heteroatoms. The molecule has 13 heavy (non-hydrogen) atoms. The topological polar surface area (TPSA) is 160 Å². The molecule has 0 fully saturated rings. The van der Waals surface area contributed by atoms with Crippen LogP contribution in [0.4, 0.5) is 0 Å². The van der Waals surface area contributed by atoms with Gasteiger partial charge in [0.2, 0.25) is 0 Å². The van der Waals surface area contributed by atoms with Gasteiger partial charge in [-0.05, 0) is 8.62 Å². The Morgan fingerprint density at radius 3 is 1.85 bits per heavy atom. The maximum atomic E-state index is 10.3. The SMILES string of the molecule is O=[P+](OP(=O)(O)O)OP(=O)(O)OO. The number of phosphoric acid groups is 2. The standard InChI is InChI=1S/H3O10P3/c1-8-13(6,7)10-11(2)9-12(3,4)5/h(H3-,1,3,4,5,6,7)/p+1. The van der Waals surface area contributed by atoms with Crippen molar-refractivity contribution >= 4 is 23.9 Å². The fourth-order valence-electron chi connectivity index (χ4n) is 0.201. The molecular formula is H4O10P3+. The van der Waals surface area contributed by atoms with Gasteiger partial charge in [0.25, 0.3) is 0 Å². The first kappa shape index (κ1) is 13.3. The van der Waals surface area contributed by atoms with Gasteiger partial charge in [0.05, 0.1) is 0 Å². The molecule has 2 atom stereocenters. The molecule has 0 radical (unpaired) electrons. The quantitative estimate of drug-likeness (QED) is 0.307. The highest BCUT2D eigenvalue weighted by Crippen LogP contribution is 2.57. The molecule has 2 unspecified atom stereocenters. The van der Waals surface area contributed by atoms with Crippen LogP contribution in [0.2, 0.25) is 0 Å². The van der Waals surface area contributed by atoms with Gasteiger partial charge >= 0.3 is 23.9 Å². The van der Waals surface area contributed by atoms with Crippen LogP contribution in [-0.4, -0.2) is 19.9 Å². The van der Waals surface area contributed by atoms with Gasteiger partial charge in [-0.25, -0.2) is 14.4 Å². The van der Waals surface area contributed by atoms with Gasteiger partial charge in [-0.2, -0.15) is 0 Å². The summed E-state index contributed by atoms with van der Waals surface area (Å²) in [5.41, 5.74) is 0. The minimum atomic E-state index is -5.10. The molecule has 0 bridgehead atoms. The van der Waals surface area contributed by atoms with Gasteiger partial charge in [-0.15, -0.1) is 4.67 Å². The molecular weight excluding hydrogens is 253 g/mol. The van der Waals surface area contributed by atoms with Crippen molar-refractivity contribution in [3.8, 4) is 0 Å². The summed E-state index contributed by atoms with van der Waals surface area (Å²) in [5, 5.41) is 7.62. The third-order valence-corrected chi connectivity index (χ3v) is 3.40. The second-order valence-electron chi connectivity index (χ2n) is 1.43. The van der Waals surface area contributed by atoms with Crippen molar-refractivity contribution in [2.24, 2.45) is 0 Å². The molecule has 0 aromatic rings. The van der Waals surface area contributed by atoms with Crippen LogP contribution in [0.5, 0.6) is 0 Å². The van der Waals surface area contributed by atoms with Gasteiger partial charge in [-0.3, -0.25) is 4.89 Å². The first-order chi connectivity index (χ1) is 5.66. The molecule has 0 amide bonds. The molecule has 0 heterocycles. The van der Waals surface area contributed by atoms with Crippen LogP contribution in [-0.2, 0) is 27.0 Å². The van der Waals surface area contributed by atoms with E-state index in [4.69, 9.17) is 19.9 Å². The van der Waals surface area contributed by atoms with Gasteiger partial charge in [-0.1, -0.05) is 0 Å². The molecule has 0 spiro atoms. The van der Waals surface area contributed by atoms with Crippen molar-refractivity contribution in [3.05, 3.63) is 0 Å². The average Bonchev–Trinajstić information content (AvgIpc) is 1.81. The van der Waals surface area contributed by atoms with Crippen molar-refractivity contribution in [3.63, 3.8) is 0 Å². The Morgan fingerprint density at radius 2 is 1.54 bits per heavy atom. The first-order valence-corrected chi connectivity index (χ1v) is 6.36. The summed E-state index contributed by atoms with van der Waals surface area (Å²) in [7, 11) is -13.7. The second-order valence-corrected chi connectivity index (χ2v) is 5.26. The van der Waals surface area contributed by atoms with Crippen molar-refractivity contribution in [1.82, 2.24) is 0 Å². The van der Waals surface area contributed by atoms with Gasteiger partial charge < -0.3 is 9.79 Å². The Morgan fingerprint density at radius 1 is 1.08 bits per heavy atom. The van der Waals surface area contributed by atoms with Crippen molar-refractivity contribution in [2.45, 2.75) is 0 Å². The van der Waals surface area contributed by atoms with Gasteiger partial charge in [0, 0.05) is 4.57 Å². The van der Waals surface area contributed by atoms with E-state index in [9.17, 15) is 13.7 Å². The summed E-state index contributed by atoms with van der Waals surface area (Å²) in [6, 6.07) is 0. The van der Waals surface area contributed by atoms with Crippen LogP contribution >= 0.6 is 23.9 Å². The maximum absolute atomic E-state index is 10.3. The largest absolute Gasteiger partial charge is 0.719 e. The molecule has 0 saturated heterocycles. The van der Waals surface area contributed by atoms with Crippen LogP contribution < -0.4 is 0 Å². The molecule has 4 N–H and O–H groups in total. The van der Waals surface area contributed by atoms with E-state index >= 15 is 0 Å². The molecule has 10 nitrogen and oxygen atoms in total. The Kier molecular flexibility index (Phi) is 4.78. The zero-order valence-corrected chi connectivity index (χ0v) is 8.26. The Balaban J connectivity index is 4.19. The Bertz CT molecular complexity index is 270. The highest BCUT2D eigenvalue weighted by atomic mass is 31.3. The maximum Gasteiger partial charge on any atom is 0.719 e. The smallest absolute Gasteiger partial charge is 0.300 e. The van der Waals surface area contributed by atoms with Crippen LogP contribution in [0.25, 0.3) is 0 Å². The lowest BCUT2D eigenvalue weighted by Gasteiger charge is -1.96. The lowest BCUT2D eigenvalue weighted by atomic mass is 15.0. The summed E-state index contributed by atoms with van der Waals surface area (Å²) in [4.78, 5) is 24.3. The Hall–Kier alpha value is 0.280. The highest BCUT2D eigenvalue weighted by Gasteiger charge is 2.43. The van der Waals surface area contributed by atoms with E-state index in [-0.39, 0.29) is 0 Å². The minimum absolute atomic E-state index is 2.79. The molecule has 0 rings (SSSR count). The van der Waals surface area contributed by atoms with Crippen molar-refractivity contribution in [1.29, 1.82) is 0 Å². The van der Waals surface area contributed by atoms with E-state index in [0.29, 0.717) is 0 Å². The first-order valence-electron chi connectivity index (χ1n) is 2.24. The van der Waals surface area contributed by atoms with Crippen LogP contribution in [0.1, 0.15) is 0 Å². The van der Waals surface area contributed by atoms with Gasteiger partial charge in [0.1, 0.15) is 0 Å². The summed E-state index contributed by atoms with van der Waals surface area (Å²) in [6.07, 6.45) is 0. The summed E-state index contributed by atoms with van der Waals surface area (Å²) < 4.78 is 40.0. The normalized spacial score (nSPS) is 18.0. The van der Waals surface area contributed by atoms with E-state index < -0.39 is 23.9 Å². The zero-order valence-electron chi connectivity index (χ0n) is 5.58. The second kappa shape index (κ2) is 4.68. The third-order valence-electron chi connectivity index (χ3n) is 0.446. The fraction of sp³-hybridized carbons (Fsp3) is 0. The van der Waals surface area contributed by atoms with E-state index in [2.05, 4.69) is 13.3 Å².